The lowest BCUT2D eigenvalue weighted by molar-refractivity contribution is 1.27. The molecule has 0 fully saturated rings. The third kappa shape index (κ3) is 4.85. The Balaban J connectivity index is 1.42. The first-order valence-corrected chi connectivity index (χ1v) is 10.2. The van der Waals surface area contributed by atoms with E-state index in [0.717, 1.165) is 21.9 Å². The lowest BCUT2D eigenvalue weighted by Gasteiger charge is -2.01. The van der Waals surface area contributed by atoms with Gasteiger partial charge >= 0.3 is 0 Å². The molecule has 146 valence electrons. The lowest BCUT2D eigenvalue weighted by Crippen LogP contribution is -1.80. The summed E-state index contributed by atoms with van der Waals surface area (Å²) >= 11 is 12.8. The Kier molecular flexibility index (Phi) is 6.38. The standard InChI is InChI=1S/C26H18Cl2N2/c27-25(23-11-9-19-5-1-3-7-21(19)17-23)13-15-29-30-16-14-26(28)24-12-10-20-6-2-4-8-22(20)18-24/h1-18H/b25-13-,26-14-,29-15-,30-16-. The fourth-order valence-corrected chi connectivity index (χ4v) is 3.49. The fraction of sp³-hybridized carbons (Fsp3) is 0. The molecule has 0 bridgehead atoms. The van der Waals surface area contributed by atoms with E-state index < -0.39 is 0 Å². The van der Waals surface area contributed by atoms with Gasteiger partial charge in [-0.3, -0.25) is 0 Å². The predicted octanol–water partition coefficient (Wildman–Crippen LogP) is 7.91. The Morgan fingerprint density at radius 3 is 1.37 bits per heavy atom. The molecule has 4 aromatic rings. The van der Waals surface area contributed by atoms with Crippen LogP contribution >= 0.6 is 23.2 Å². The summed E-state index contributed by atoms with van der Waals surface area (Å²) in [5.41, 5.74) is 1.87. The Hall–Kier alpha value is -3.20. The first-order valence-electron chi connectivity index (χ1n) is 9.47. The van der Waals surface area contributed by atoms with E-state index in [1.54, 1.807) is 24.6 Å². The quantitative estimate of drug-likeness (QED) is 0.228. The van der Waals surface area contributed by atoms with E-state index in [9.17, 15) is 0 Å². The van der Waals surface area contributed by atoms with E-state index in [0.29, 0.717) is 10.1 Å². The number of fused-ring (bicyclic) bond motifs is 2. The Morgan fingerprint density at radius 1 is 0.533 bits per heavy atom. The molecule has 4 rings (SSSR count). The zero-order valence-electron chi connectivity index (χ0n) is 16.0. The van der Waals surface area contributed by atoms with Crippen LogP contribution in [0.25, 0.3) is 31.6 Å². The highest BCUT2D eigenvalue weighted by molar-refractivity contribution is 6.50. The zero-order chi connectivity index (χ0) is 20.8. The maximum Gasteiger partial charge on any atom is 0.0510 e. The van der Waals surface area contributed by atoms with Crippen LogP contribution in [0.2, 0.25) is 0 Å². The number of allylic oxidation sites excluding steroid dienone is 2. The van der Waals surface area contributed by atoms with Crippen molar-refractivity contribution >= 4 is 67.2 Å². The fourth-order valence-electron chi connectivity index (χ4n) is 3.14. The van der Waals surface area contributed by atoms with Gasteiger partial charge < -0.3 is 0 Å². The molecule has 0 heterocycles. The second-order valence-corrected chi connectivity index (χ2v) is 7.50. The number of hydrogen-bond donors (Lipinski definition) is 0. The summed E-state index contributed by atoms with van der Waals surface area (Å²) < 4.78 is 0. The van der Waals surface area contributed by atoms with E-state index in [2.05, 4.69) is 58.7 Å². The van der Waals surface area contributed by atoms with E-state index in [1.165, 1.54) is 10.8 Å². The minimum Gasteiger partial charge on any atom is -0.159 e. The van der Waals surface area contributed by atoms with Gasteiger partial charge in [-0.15, -0.1) is 0 Å². The van der Waals surface area contributed by atoms with Crippen LogP contribution in [0.1, 0.15) is 11.1 Å². The van der Waals surface area contributed by atoms with Crippen LogP contribution in [-0.4, -0.2) is 12.4 Å². The van der Waals surface area contributed by atoms with Crippen molar-refractivity contribution in [2.75, 3.05) is 0 Å². The van der Waals surface area contributed by atoms with Crippen molar-refractivity contribution in [1.29, 1.82) is 0 Å². The van der Waals surface area contributed by atoms with Crippen molar-refractivity contribution in [3.63, 3.8) is 0 Å². The van der Waals surface area contributed by atoms with Gasteiger partial charge in [-0.05, 0) is 57.0 Å². The van der Waals surface area contributed by atoms with Crippen LogP contribution in [0.4, 0.5) is 0 Å². The third-order valence-electron chi connectivity index (χ3n) is 4.69. The Bertz CT molecular complexity index is 1210. The van der Waals surface area contributed by atoms with Crippen molar-refractivity contribution in [1.82, 2.24) is 0 Å². The largest absolute Gasteiger partial charge is 0.159 e. The average molecular weight is 429 g/mol. The molecule has 4 heteroatoms. The van der Waals surface area contributed by atoms with Gasteiger partial charge in [-0.25, -0.2) is 0 Å². The van der Waals surface area contributed by atoms with Crippen LogP contribution in [0.5, 0.6) is 0 Å². The second-order valence-electron chi connectivity index (χ2n) is 6.68. The van der Waals surface area contributed by atoms with Gasteiger partial charge in [0.05, 0.1) is 12.4 Å². The molecular weight excluding hydrogens is 411 g/mol. The zero-order valence-corrected chi connectivity index (χ0v) is 17.6. The molecule has 0 unspecified atom stereocenters. The van der Waals surface area contributed by atoms with Gasteiger partial charge in [-0.1, -0.05) is 96.0 Å². The van der Waals surface area contributed by atoms with Crippen molar-refractivity contribution < 1.29 is 0 Å². The summed E-state index contributed by atoms with van der Waals surface area (Å²) in [5, 5.41) is 13.8. The molecule has 30 heavy (non-hydrogen) atoms. The number of nitrogens with zero attached hydrogens (tertiary/aromatic N) is 2. The highest BCUT2D eigenvalue weighted by Crippen LogP contribution is 2.24. The number of hydrogen-bond acceptors (Lipinski definition) is 2. The highest BCUT2D eigenvalue weighted by Gasteiger charge is 2.00. The summed E-state index contributed by atoms with van der Waals surface area (Å²) in [6.45, 7) is 0. The second kappa shape index (κ2) is 9.53. The molecule has 0 aliphatic carbocycles. The van der Waals surface area contributed by atoms with Crippen molar-refractivity contribution in [2.24, 2.45) is 10.2 Å². The average Bonchev–Trinajstić information content (AvgIpc) is 2.80. The summed E-state index contributed by atoms with van der Waals surface area (Å²) in [6, 6.07) is 28.5. The number of halogens is 2. The summed E-state index contributed by atoms with van der Waals surface area (Å²) in [7, 11) is 0. The molecule has 0 radical (unpaired) electrons. The molecule has 0 N–H and O–H groups in total. The van der Waals surface area contributed by atoms with Crippen LogP contribution in [0.3, 0.4) is 0 Å². The smallest absolute Gasteiger partial charge is 0.0510 e. The molecule has 0 aliphatic rings. The SMILES string of the molecule is Cl\C(=C/C=N\N=C/C=C(\Cl)c1ccc2ccccc2c1)c1ccc2ccccc2c1. The molecule has 0 aromatic heterocycles. The van der Waals surface area contributed by atoms with Gasteiger partial charge in [0.25, 0.3) is 0 Å². The van der Waals surface area contributed by atoms with Gasteiger partial charge in [0.2, 0.25) is 0 Å². The van der Waals surface area contributed by atoms with Crippen molar-refractivity contribution in [3.8, 4) is 0 Å². The maximum atomic E-state index is 6.38. The Labute approximate surface area is 185 Å². The van der Waals surface area contributed by atoms with E-state index in [4.69, 9.17) is 23.2 Å². The first kappa shape index (κ1) is 20.1. The van der Waals surface area contributed by atoms with Crippen LogP contribution in [-0.2, 0) is 0 Å². The summed E-state index contributed by atoms with van der Waals surface area (Å²) in [5.74, 6) is 0. The molecule has 0 spiro atoms. The van der Waals surface area contributed by atoms with E-state index in [-0.39, 0.29) is 0 Å². The van der Waals surface area contributed by atoms with Crippen molar-refractivity contribution in [2.45, 2.75) is 0 Å². The van der Waals surface area contributed by atoms with Gasteiger partial charge in [0.1, 0.15) is 0 Å². The van der Waals surface area contributed by atoms with Crippen LogP contribution in [0, 0.1) is 0 Å². The highest BCUT2D eigenvalue weighted by atomic mass is 35.5. The summed E-state index contributed by atoms with van der Waals surface area (Å²) in [4.78, 5) is 0. The lowest BCUT2D eigenvalue weighted by atomic mass is 10.1. The Morgan fingerprint density at radius 2 is 0.933 bits per heavy atom. The van der Waals surface area contributed by atoms with Gasteiger partial charge in [0, 0.05) is 10.1 Å². The third-order valence-corrected chi connectivity index (χ3v) is 5.38. The van der Waals surface area contributed by atoms with Gasteiger partial charge in [0.15, 0.2) is 0 Å². The normalized spacial score (nSPS) is 13.1. The van der Waals surface area contributed by atoms with E-state index >= 15 is 0 Å². The summed E-state index contributed by atoms with van der Waals surface area (Å²) in [6.07, 6.45) is 6.56. The van der Waals surface area contributed by atoms with Crippen LogP contribution in [0.15, 0.2) is 107 Å². The molecule has 0 atom stereocenters. The molecule has 0 saturated carbocycles. The molecule has 0 amide bonds. The van der Waals surface area contributed by atoms with Gasteiger partial charge in [-0.2, -0.15) is 10.2 Å². The number of rotatable bonds is 5. The maximum absolute atomic E-state index is 6.38. The monoisotopic (exact) mass is 428 g/mol. The molecule has 0 saturated heterocycles. The predicted molar refractivity (Wildman–Crippen MR) is 133 cm³/mol. The van der Waals surface area contributed by atoms with Crippen LogP contribution < -0.4 is 0 Å². The topological polar surface area (TPSA) is 24.7 Å². The van der Waals surface area contributed by atoms with Crippen molar-refractivity contribution in [3.05, 3.63) is 108 Å². The molecular formula is C26H18Cl2N2. The number of benzene rings is 4. The first-order chi connectivity index (χ1) is 14.7. The molecule has 2 nitrogen and oxygen atoms in total. The van der Waals surface area contributed by atoms with E-state index in [1.807, 2.05) is 36.4 Å². The molecule has 0 aliphatic heterocycles. The minimum absolute atomic E-state index is 0.601. The molecule has 4 aromatic carbocycles. The minimum atomic E-state index is 0.601.